The summed E-state index contributed by atoms with van der Waals surface area (Å²) in [5.41, 5.74) is 1.02. The van der Waals surface area contributed by atoms with E-state index in [9.17, 15) is 8.78 Å². The van der Waals surface area contributed by atoms with Gasteiger partial charge in [-0.05, 0) is 84.6 Å². The van der Waals surface area contributed by atoms with Gasteiger partial charge in [-0.3, -0.25) is 0 Å². The molecule has 1 fully saturated rings. The second-order valence-corrected chi connectivity index (χ2v) is 15.8. The van der Waals surface area contributed by atoms with Crippen molar-refractivity contribution in [3.8, 4) is 0 Å². The number of hydrogen-bond donors (Lipinski definition) is 0. The standard InChI is InChI=1S/C32H34F2P2/c1-24(36(29-18-16-25(33)17-19-29)32(2)22-20-26(34)21-23-32)30-14-9-15-31(30)35(27-10-5-3-6-11-27)28-12-7-4-8-13-28/h3-8,10-13,16-22,24,30-31H,9,14-15,23H2,1-2H3. The fraction of sp³-hybridized carbons (Fsp3) is 0.312. The Morgan fingerprint density at radius 1 is 0.806 bits per heavy atom. The Labute approximate surface area is 217 Å². The molecule has 2 aliphatic rings. The molecule has 2 aliphatic carbocycles. The number of hydrogen-bond acceptors (Lipinski definition) is 0. The minimum absolute atomic E-state index is 0.149. The molecule has 0 heterocycles. The lowest BCUT2D eigenvalue weighted by molar-refractivity contribution is 0.539. The first kappa shape index (κ1) is 25.5. The van der Waals surface area contributed by atoms with E-state index >= 15 is 0 Å². The van der Waals surface area contributed by atoms with Crippen LogP contribution in [0.4, 0.5) is 8.78 Å². The molecule has 5 rings (SSSR count). The van der Waals surface area contributed by atoms with Gasteiger partial charge < -0.3 is 0 Å². The van der Waals surface area contributed by atoms with Gasteiger partial charge in [0.05, 0.1) is 0 Å². The number of rotatable bonds is 7. The van der Waals surface area contributed by atoms with E-state index in [0.717, 1.165) is 0 Å². The Balaban J connectivity index is 1.55. The van der Waals surface area contributed by atoms with Crippen LogP contribution in [0.5, 0.6) is 0 Å². The summed E-state index contributed by atoms with van der Waals surface area (Å²) < 4.78 is 27.9. The van der Waals surface area contributed by atoms with Crippen LogP contribution in [-0.2, 0) is 0 Å². The summed E-state index contributed by atoms with van der Waals surface area (Å²) in [5.74, 6) is 0.213. The highest BCUT2D eigenvalue weighted by atomic mass is 31.1. The highest BCUT2D eigenvalue weighted by Crippen LogP contribution is 2.63. The first-order valence-electron chi connectivity index (χ1n) is 13.0. The molecule has 0 saturated heterocycles. The lowest BCUT2D eigenvalue weighted by Gasteiger charge is -2.45. The van der Waals surface area contributed by atoms with Gasteiger partial charge in [0, 0.05) is 5.16 Å². The highest BCUT2D eigenvalue weighted by molar-refractivity contribution is 7.73. The van der Waals surface area contributed by atoms with E-state index in [-0.39, 0.29) is 16.8 Å². The van der Waals surface area contributed by atoms with Crippen LogP contribution in [0, 0.1) is 11.7 Å². The van der Waals surface area contributed by atoms with E-state index in [2.05, 4.69) is 80.6 Å². The second kappa shape index (κ2) is 11.1. The Kier molecular flexibility index (Phi) is 7.85. The predicted octanol–water partition coefficient (Wildman–Crippen LogP) is 8.20. The Hall–Kier alpha value is -2.14. The van der Waals surface area contributed by atoms with Gasteiger partial charge in [0.2, 0.25) is 0 Å². The first-order chi connectivity index (χ1) is 17.5. The van der Waals surface area contributed by atoms with E-state index < -0.39 is 15.8 Å². The van der Waals surface area contributed by atoms with Crippen LogP contribution in [-0.4, -0.2) is 16.5 Å². The molecule has 1 saturated carbocycles. The second-order valence-electron chi connectivity index (χ2n) is 10.3. The number of halogens is 2. The zero-order valence-electron chi connectivity index (χ0n) is 21.0. The van der Waals surface area contributed by atoms with Gasteiger partial charge in [0.25, 0.3) is 0 Å². The van der Waals surface area contributed by atoms with Gasteiger partial charge in [0.15, 0.2) is 0 Å². The molecule has 5 atom stereocenters. The largest absolute Gasteiger partial charge is 0.207 e. The summed E-state index contributed by atoms with van der Waals surface area (Å²) in [7, 11) is -1.21. The van der Waals surface area contributed by atoms with Crippen LogP contribution in [0.3, 0.4) is 0 Å². The quantitative estimate of drug-likeness (QED) is 0.277. The van der Waals surface area contributed by atoms with Crippen LogP contribution in [0.1, 0.15) is 39.5 Å². The topological polar surface area (TPSA) is 0 Å². The molecule has 0 nitrogen and oxygen atoms in total. The molecular weight excluding hydrogens is 484 g/mol. The van der Waals surface area contributed by atoms with Crippen molar-refractivity contribution in [2.45, 2.75) is 56.0 Å². The fourth-order valence-electron chi connectivity index (χ4n) is 6.23. The van der Waals surface area contributed by atoms with E-state index in [1.165, 1.54) is 35.2 Å². The fourth-order valence-corrected chi connectivity index (χ4v) is 13.4. The van der Waals surface area contributed by atoms with E-state index in [1.54, 1.807) is 24.3 Å². The third kappa shape index (κ3) is 5.27. The number of benzene rings is 3. The number of allylic oxidation sites excluding steroid dienone is 4. The molecule has 4 heteroatoms. The Morgan fingerprint density at radius 3 is 1.97 bits per heavy atom. The smallest absolute Gasteiger partial charge is 0.123 e. The van der Waals surface area contributed by atoms with Crippen molar-refractivity contribution in [3.05, 3.63) is 115 Å². The molecule has 0 N–H and O–H groups in total. The van der Waals surface area contributed by atoms with Crippen molar-refractivity contribution < 1.29 is 8.78 Å². The minimum Gasteiger partial charge on any atom is -0.207 e. The Morgan fingerprint density at radius 2 is 1.42 bits per heavy atom. The summed E-state index contributed by atoms with van der Waals surface area (Å²) in [6.07, 6.45) is 9.85. The monoisotopic (exact) mass is 518 g/mol. The van der Waals surface area contributed by atoms with Crippen LogP contribution in [0.15, 0.2) is 109 Å². The molecule has 3 aromatic rings. The molecule has 0 spiro atoms. The highest BCUT2D eigenvalue weighted by Gasteiger charge is 2.45. The Bertz CT molecular complexity index is 1170. The zero-order valence-corrected chi connectivity index (χ0v) is 22.8. The van der Waals surface area contributed by atoms with Crippen molar-refractivity contribution in [1.29, 1.82) is 0 Å². The lowest BCUT2D eigenvalue weighted by atomic mass is 10.0. The molecule has 5 unspecified atom stereocenters. The summed E-state index contributed by atoms with van der Waals surface area (Å²) in [6, 6.07) is 29.2. The molecule has 0 aliphatic heterocycles. The molecule has 0 bridgehead atoms. The molecule has 186 valence electrons. The molecule has 0 radical (unpaired) electrons. The lowest BCUT2D eigenvalue weighted by Crippen LogP contribution is -2.37. The van der Waals surface area contributed by atoms with Crippen LogP contribution in [0.25, 0.3) is 0 Å². The molecular formula is C32H34F2P2. The average molecular weight is 519 g/mol. The maximum atomic E-state index is 14.0. The molecule has 0 aromatic heterocycles. The van der Waals surface area contributed by atoms with Crippen molar-refractivity contribution >= 4 is 31.8 Å². The molecule has 36 heavy (non-hydrogen) atoms. The van der Waals surface area contributed by atoms with Crippen molar-refractivity contribution in [1.82, 2.24) is 0 Å². The molecule has 3 aromatic carbocycles. The van der Waals surface area contributed by atoms with E-state index in [4.69, 9.17) is 0 Å². The van der Waals surface area contributed by atoms with Gasteiger partial charge >= 0.3 is 0 Å². The minimum atomic E-state index is -0.703. The summed E-state index contributed by atoms with van der Waals surface area (Å²) in [6.45, 7) is 4.70. The van der Waals surface area contributed by atoms with E-state index in [1.807, 2.05) is 12.1 Å². The van der Waals surface area contributed by atoms with Gasteiger partial charge in [-0.2, -0.15) is 0 Å². The first-order valence-corrected chi connectivity index (χ1v) is 15.8. The molecule has 0 amide bonds. The average Bonchev–Trinajstić information content (AvgIpc) is 3.38. The van der Waals surface area contributed by atoms with Gasteiger partial charge in [-0.1, -0.05) is 107 Å². The summed E-state index contributed by atoms with van der Waals surface area (Å²) >= 11 is 0. The normalized spacial score (nSPS) is 25.5. The van der Waals surface area contributed by atoms with Crippen LogP contribution < -0.4 is 15.9 Å². The third-order valence-electron chi connectivity index (χ3n) is 7.93. The summed E-state index contributed by atoms with van der Waals surface area (Å²) in [4.78, 5) is 0. The maximum absolute atomic E-state index is 14.0. The van der Waals surface area contributed by atoms with Crippen LogP contribution in [0.2, 0.25) is 0 Å². The third-order valence-corrected chi connectivity index (χ3v) is 14.4. The van der Waals surface area contributed by atoms with Crippen molar-refractivity contribution in [2.24, 2.45) is 5.92 Å². The van der Waals surface area contributed by atoms with Gasteiger partial charge in [0.1, 0.15) is 11.6 Å². The predicted molar refractivity (Wildman–Crippen MR) is 154 cm³/mol. The van der Waals surface area contributed by atoms with Gasteiger partial charge in [-0.15, -0.1) is 0 Å². The van der Waals surface area contributed by atoms with Crippen molar-refractivity contribution in [2.75, 3.05) is 0 Å². The summed E-state index contributed by atoms with van der Waals surface area (Å²) in [5, 5.41) is 3.96. The van der Waals surface area contributed by atoms with Crippen LogP contribution >= 0.6 is 15.8 Å². The maximum Gasteiger partial charge on any atom is 0.123 e. The van der Waals surface area contributed by atoms with E-state index in [0.29, 0.717) is 23.7 Å². The van der Waals surface area contributed by atoms with Gasteiger partial charge in [-0.25, -0.2) is 8.78 Å². The SMILES string of the molecule is CC(C1CCCC1P(c1ccccc1)c1ccccc1)P(c1ccc(F)cc1)C1(C)C=CC(F)=CC1. The zero-order chi connectivity index (χ0) is 25.1. The van der Waals surface area contributed by atoms with Crippen molar-refractivity contribution in [3.63, 3.8) is 0 Å².